The molecule has 6 nitrogen and oxygen atoms in total. The standard InChI is InChI=1S/C59H114O6/c1-5-8-10-12-14-16-18-20-21-22-23-27-31-35-39-43-47-51-58(61)64-54-56(53-63-57(60)50-46-42-38-34-30-19-17-15-13-11-9-6-2)65-59(62)52-48-44-40-36-32-28-25-24-26-29-33-37-41-45-49-55(4)7-3/h55-56H,5-54H2,1-4H3/t55?,56-/m1/s1. The molecular formula is C59H114O6. The average molecular weight is 920 g/mol. The molecule has 0 N–H and O–H groups in total. The van der Waals surface area contributed by atoms with Crippen LogP contribution in [-0.4, -0.2) is 37.2 Å². The monoisotopic (exact) mass is 919 g/mol. The first-order valence-electron chi connectivity index (χ1n) is 29.4. The Bertz CT molecular complexity index is 982. The van der Waals surface area contributed by atoms with Crippen molar-refractivity contribution in [1.29, 1.82) is 0 Å². The van der Waals surface area contributed by atoms with Crippen molar-refractivity contribution in [2.75, 3.05) is 13.2 Å². The molecule has 0 saturated heterocycles. The van der Waals surface area contributed by atoms with Crippen molar-refractivity contribution < 1.29 is 28.6 Å². The quantitative estimate of drug-likeness (QED) is 0.0344. The summed E-state index contributed by atoms with van der Waals surface area (Å²) < 4.78 is 16.9. The zero-order valence-corrected chi connectivity index (χ0v) is 44.5. The molecule has 0 saturated carbocycles. The van der Waals surface area contributed by atoms with E-state index in [-0.39, 0.29) is 31.1 Å². The van der Waals surface area contributed by atoms with Gasteiger partial charge in [-0.25, -0.2) is 0 Å². The summed E-state index contributed by atoms with van der Waals surface area (Å²) in [5.41, 5.74) is 0. The Labute approximate surface area is 406 Å². The van der Waals surface area contributed by atoms with Gasteiger partial charge in [-0.15, -0.1) is 0 Å². The van der Waals surface area contributed by atoms with Gasteiger partial charge in [0.25, 0.3) is 0 Å². The van der Waals surface area contributed by atoms with Gasteiger partial charge in [-0.3, -0.25) is 14.4 Å². The number of hydrogen-bond donors (Lipinski definition) is 0. The summed E-state index contributed by atoms with van der Waals surface area (Å²) in [6, 6.07) is 0. The number of hydrogen-bond acceptors (Lipinski definition) is 6. The molecule has 0 radical (unpaired) electrons. The number of ether oxygens (including phenoxy) is 3. The highest BCUT2D eigenvalue weighted by Crippen LogP contribution is 2.18. The first-order valence-corrected chi connectivity index (χ1v) is 29.4. The summed E-state index contributed by atoms with van der Waals surface area (Å²) in [7, 11) is 0. The van der Waals surface area contributed by atoms with Crippen molar-refractivity contribution in [1.82, 2.24) is 0 Å². The molecule has 2 atom stereocenters. The molecule has 0 amide bonds. The first kappa shape index (κ1) is 63.4. The SMILES string of the molecule is CCCCCCCCCCCCCCCCCCCC(=O)OC[C@@H](COC(=O)CCCCCCCCCCCCCC)OC(=O)CCCCCCCCCCCCCCCCC(C)CC. The van der Waals surface area contributed by atoms with Gasteiger partial charge >= 0.3 is 17.9 Å². The minimum atomic E-state index is -0.762. The Hall–Kier alpha value is -1.59. The molecule has 65 heavy (non-hydrogen) atoms. The zero-order valence-electron chi connectivity index (χ0n) is 44.5. The Morgan fingerprint density at radius 2 is 0.538 bits per heavy atom. The molecule has 0 aliphatic rings. The van der Waals surface area contributed by atoms with Gasteiger partial charge in [-0.1, -0.05) is 297 Å². The van der Waals surface area contributed by atoms with Crippen LogP contribution in [0.3, 0.4) is 0 Å². The Balaban J connectivity index is 4.28. The van der Waals surface area contributed by atoms with Gasteiger partial charge in [-0.05, 0) is 25.2 Å². The molecule has 0 aliphatic carbocycles. The predicted molar refractivity (Wildman–Crippen MR) is 280 cm³/mol. The van der Waals surface area contributed by atoms with Crippen LogP contribution in [0.4, 0.5) is 0 Å². The molecule has 6 heteroatoms. The third-order valence-electron chi connectivity index (χ3n) is 13.9. The molecule has 0 aromatic heterocycles. The third-order valence-corrected chi connectivity index (χ3v) is 13.9. The van der Waals surface area contributed by atoms with Crippen LogP contribution in [0.25, 0.3) is 0 Å². The fourth-order valence-corrected chi connectivity index (χ4v) is 9.07. The second-order valence-corrected chi connectivity index (χ2v) is 20.5. The Kier molecular flexibility index (Phi) is 52.1. The Morgan fingerprint density at radius 3 is 0.800 bits per heavy atom. The van der Waals surface area contributed by atoms with Gasteiger partial charge in [0.2, 0.25) is 0 Å². The van der Waals surface area contributed by atoms with Crippen LogP contribution in [0.2, 0.25) is 0 Å². The highest BCUT2D eigenvalue weighted by molar-refractivity contribution is 5.71. The van der Waals surface area contributed by atoms with Crippen molar-refractivity contribution in [3.63, 3.8) is 0 Å². The smallest absolute Gasteiger partial charge is 0.306 e. The van der Waals surface area contributed by atoms with Crippen molar-refractivity contribution in [2.45, 2.75) is 342 Å². The maximum absolute atomic E-state index is 12.9. The van der Waals surface area contributed by atoms with Crippen LogP contribution in [0.15, 0.2) is 0 Å². The molecule has 386 valence electrons. The summed E-state index contributed by atoms with van der Waals surface area (Å²) in [6.07, 6.45) is 58.0. The fourth-order valence-electron chi connectivity index (χ4n) is 9.07. The molecule has 0 heterocycles. The maximum Gasteiger partial charge on any atom is 0.306 e. The van der Waals surface area contributed by atoms with E-state index in [1.165, 1.54) is 231 Å². The highest BCUT2D eigenvalue weighted by Gasteiger charge is 2.19. The van der Waals surface area contributed by atoms with Crippen molar-refractivity contribution in [2.24, 2.45) is 5.92 Å². The van der Waals surface area contributed by atoms with E-state index in [1.807, 2.05) is 0 Å². The van der Waals surface area contributed by atoms with E-state index >= 15 is 0 Å². The fraction of sp³-hybridized carbons (Fsp3) is 0.949. The normalized spacial score (nSPS) is 12.4. The molecule has 0 aromatic carbocycles. The lowest BCUT2D eigenvalue weighted by Crippen LogP contribution is -2.30. The van der Waals surface area contributed by atoms with Gasteiger partial charge < -0.3 is 14.2 Å². The summed E-state index contributed by atoms with van der Waals surface area (Å²) in [5.74, 6) is 0.0600. The first-order chi connectivity index (χ1) is 31.9. The van der Waals surface area contributed by atoms with Crippen LogP contribution in [-0.2, 0) is 28.6 Å². The van der Waals surface area contributed by atoms with E-state index in [1.54, 1.807) is 0 Å². The molecule has 0 rings (SSSR count). The van der Waals surface area contributed by atoms with E-state index in [0.717, 1.165) is 63.7 Å². The highest BCUT2D eigenvalue weighted by atomic mass is 16.6. The van der Waals surface area contributed by atoms with Crippen LogP contribution < -0.4 is 0 Å². The van der Waals surface area contributed by atoms with Crippen molar-refractivity contribution in [3.8, 4) is 0 Å². The van der Waals surface area contributed by atoms with Crippen molar-refractivity contribution in [3.05, 3.63) is 0 Å². The molecule has 0 bridgehead atoms. The number of rotatable bonds is 54. The lowest BCUT2D eigenvalue weighted by molar-refractivity contribution is -0.167. The predicted octanol–water partition coefficient (Wildman–Crippen LogP) is 19.4. The van der Waals surface area contributed by atoms with Crippen molar-refractivity contribution >= 4 is 17.9 Å². The minimum Gasteiger partial charge on any atom is -0.462 e. The van der Waals surface area contributed by atoms with Gasteiger partial charge in [0.05, 0.1) is 0 Å². The van der Waals surface area contributed by atoms with E-state index in [0.29, 0.717) is 19.3 Å². The molecule has 0 aromatic rings. The van der Waals surface area contributed by atoms with Crippen LogP contribution >= 0.6 is 0 Å². The van der Waals surface area contributed by atoms with E-state index < -0.39 is 6.10 Å². The van der Waals surface area contributed by atoms with E-state index in [9.17, 15) is 14.4 Å². The van der Waals surface area contributed by atoms with E-state index in [2.05, 4.69) is 27.7 Å². The zero-order chi connectivity index (χ0) is 47.4. The van der Waals surface area contributed by atoms with Gasteiger partial charge in [0.1, 0.15) is 13.2 Å². The lowest BCUT2D eigenvalue weighted by Gasteiger charge is -2.18. The summed E-state index contributed by atoms with van der Waals surface area (Å²) in [5, 5.41) is 0. The lowest BCUT2D eigenvalue weighted by atomic mass is 9.99. The number of unbranched alkanes of at least 4 members (excludes halogenated alkanes) is 40. The summed E-state index contributed by atoms with van der Waals surface area (Å²) in [6.45, 7) is 9.10. The van der Waals surface area contributed by atoms with Gasteiger partial charge in [0.15, 0.2) is 6.10 Å². The van der Waals surface area contributed by atoms with Crippen LogP contribution in [0.1, 0.15) is 336 Å². The van der Waals surface area contributed by atoms with Gasteiger partial charge in [-0.2, -0.15) is 0 Å². The Morgan fingerprint density at radius 1 is 0.308 bits per heavy atom. The van der Waals surface area contributed by atoms with E-state index in [4.69, 9.17) is 14.2 Å². The number of esters is 3. The second-order valence-electron chi connectivity index (χ2n) is 20.5. The number of carbonyl (C=O) groups is 3. The maximum atomic E-state index is 12.9. The van der Waals surface area contributed by atoms with Gasteiger partial charge in [0, 0.05) is 19.3 Å². The molecule has 0 aliphatic heterocycles. The molecular weight excluding hydrogens is 805 g/mol. The molecule has 0 fully saturated rings. The number of carbonyl (C=O) groups excluding carboxylic acids is 3. The van der Waals surface area contributed by atoms with Crippen LogP contribution in [0.5, 0.6) is 0 Å². The third kappa shape index (κ3) is 51.6. The minimum absolute atomic E-state index is 0.0617. The van der Waals surface area contributed by atoms with Crippen LogP contribution in [0, 0.1) is 5.92 Å². The summed E-state index contributed by atoms with van der Waals surface area (Å²) in [4.78, 5) is 38.1. The summed E-state index contributed by atoms with van der Waals surface area (Å²) >= 11 is 0. The topological polar surface area (TPSA) is 78.9 Å². The molecule has 0 spiro atoms. The average Bonchev–Trinajstić information content (AvgIpc) is 3.30. The second kappa shape index (κ2) is 53.4. The largest absolute Gasteiger partial charge is 0.462 e. The molecule has 1 unspecified atom stereocenters.